The number of carbonyl (C=O) groups excluding carboxylic acids is 1. The molecule has 0 spiro atoms. The lowest BCUT2D eigenvalue weighted by Crippen LogP contribution is -2.29. The Kier molecular flexibility index (Phi) is 4.26. The summed E-state index contributed by atoms with van der Waals surface area (Å²) in [4.78, 5) is 14.7. The van der Waals surface area contributed by atoms with Gasteiger partial charge in [-0.05, 0) is 54.3 Å². The third-order valence-electron chi connectivity index (χ3n) is 4.74. The number of halogens is 2. The zero-order valence-corrected chi connectivity index (χ0v) is 15.0. The summed E-state index contributed by atoms with van der Waals surface area (Å²) in [6.07, 6.45) is 0.716. The molecule has 0 saturated heterocycles. The number of nitrogens with one attached hydrogen (secondary N) is 1. The maximum Gasteiger partial charge on any atom is 0.277 e. The Labute approximate surface area is 155 Å². The van der Waals surface area contributed by atoms with Gasteiger partial charge in [-0.1, -0.05) is 26.0 Å². The van der Waals surface area contributed by atoms with Crippen molar-refractivity contribution in [1.29, 1.82) is 0 Å². The molecule has 6 heteroatoms. The van der Waals surface area contributed by atoms with E-state index in [1.807, 2.05) is 0 Å². The average Bonchev–Trinajstić information content (AvgIpc) is 3.16. The van der Waals surface area contributed by atoms with Crippen LogP contribution in [-0.4, -0.2) is 16.1 Å². The van der Waals surface area contributed by atoms with Crippen LogP contribution < -0.4 is 4.90 Å². The number of hydrogen-bond donors (Lipinski definition) is 1. The van der Waals surface area contributed by atoms with Crippen molar-refractivity contribution >= 4 is 11.6 Å². The van der Waals surface area contributed by atoms with E-state index in [0.29, 0.717) is 23.7 Å². The number of H-pyrrole nitrogens is 1. The van der Waals surface area contributed by atoms with Crippen LogP contribution in [0.4, 0.5) is 14.5 Å². The van der Waals surface area contributed by atoms with Crippen molar-refractivity contribution < 1.29 is 13.6 Å². The molecule has 0 fully saturated rings. The van der Waals surface area contributed by atoms with Crippen LogP contribution in [0.25, 0.3) is 0 Å². The molecule has 0 radical (unpaired) electrons. The molecule has 138 valence electrons. The highest BCUT2D eigenvalue weighted by molar-refractivity contribution is 6.10. The molecule has 1 N–H and O–H groups in total. The maximum atomic E-state index is 13.5. The third kappa shape index (κ3) is 3.01. The minimum Gasteiger partial charge on any atom is -0.295 e. The quantitative estimate of drug-likeness (QED) is 0.730. The zero-order chi connectivity index (χ0) is 19.1. The van der Waals surface area contributed by atoms with Crippen LogP contribution in [0.1, 0.15) is 47.2 Å². The van der Waals surface area contributed by atoms with Crippen molar-refractivity contribution in [2.45, 2.75) is 26.3 Å². The molecule has 1 aliphatic heterocycles. The Morgan fingerprint density at radius 3 is 2.22 bits per heavy atom. The van der Waals surface area contributed by atoms with Crippen molar-refractivity contribution in [3.63, 3.8) is 0 Å². The summed E-state index contributed by atoms with van der Waals surface area (Å²) in [5.74, 6) is -0.578. The molecule has 1 aliphatic rings. The van der Waals surface area contributed by atoms with Crippen molar-refractivity contribution in [3.05, 3.63) is 82.7 Å². The molecule has 0 saturated carbocycles. The van der Waals surface area contributed by atoms with Gasteiger partial charge in [-0.2, -0.15) is 5.10 Å². The van der Waals surface area contributed by atoms with Crippen LogP contribution in [0.3, 0.4) is 0 Å². The summed E-state index contributed by atoms with van der Waals surface area (Å²) < 4.78 is 26.8. The second kappa shape index (κ2) is 6.61. The number of aromatic amines is 1. The number of benzene rings is 2. The van der Waals surface area contributed by atoms with Gasteiger partial charge in [0.05, 0.1) is 11.7 Å². The second-order valence-electron chi connectivity index (χ2n) is 7.16. The highest BCUT2D eigenvalue weighted by atomic mass is 19.1. The fourth-order valence-corrected chi connectivity index (χ4v) is 3.58. The lowest BCUT2D eigenvalue weighted by atomic mass is 9.95. The molecule has 0 bridgehead atoms. The Balaban J connectivity index is 1.88. The first-order chi connectivity index (χ1) is 13.0. The van der Waals surface area contributed by atoms with E-state index in [1.54, 1.807) is 29.2 Å². The molecule has 4 nitrogen and oxygen atoms in total. The molecule has 2 heterocycles. The van der Waals surface area contributed by atoms with Gasteiger partial charge in [0.1, 0.15) is 17.3 Å². The smallest absolute Gasteiger partial charge is 0.277 e. The van der Waals surface area contributed by atoms with E-state index in [0.717, 1.165) is 16.8 Å². The Hall–Kier alpha value is -3.02. The van der Waals surface area contributed by atoms with Gasteiger partial charge >= 0.3 is 0 Å². The molecule has 4 rings (SSSR count). The minimum absolute atomic E-state index is 0.228. The summed E-state index contributed by atoms with van der Waals surface area (Å²) in [5, 5.41) is 7.23. The first-order valence-corrected chi connectivity index (χ1v) is 8.87. The standard InChI is InChI=1S/C21H19F2N3O/c1-12(2)11-17-18-19(25-24-17)21(27)26(16-9-7-15(23)8-10-16)20(18)13-3-5-14(22)6-4-13/h3-10,12,20H,11H2,1-2H3,(H,24,25). The summed E-state index contributed by atoms with van der Waals surface area (Å²) >= 11 is 0. The predicted octanol–water partition coefficient (Wildman–Crippen LogP) is 4.64. The maximum absolute atomic E-state index is 13.5. The lowest BCUT2D eigenvalue weighted by molar-refractivity contribution is 0.0988. The van der Waals surface area contributed by atoms with Crippen LogP contribution in [0.2, 0.25) is 0 Å². The Morgan fingerprint density at radius 2 is 1.63 bits per heavy atom. The number of carbonyl (C=O) groups is 1. The monoisotopic (exact) mass is 367 g/mol. The molecule has 27 heavy (non-hydrogen) atoms. The van der Waals surface area contributed by atoms with Crippen LogP contribution in [-0.2, 0) is 6.42 Å². The number of amides is 1. The van der Waals surface area contributed by atoms with Crippen LogP contribution >= 0.6 is 0 Å². The molecule has 3 aromatic rings. The second-order valence-corrected chi connectivity index (χ2v) is 7.16. The number of aromatic nitrogens is 2. The molecule has 0 aliphatic carbocycles. The van der Waals surface area contributed by atoms with Gasteiger partial charge in [0.15, 0.2) is 0 Å². The number of nitrogens with zero attached hydrogens (tertiary/aromatic N) is 2. The highest BCUT2D eigenvalue weighted by Crippen LogP contribution is 2.42. The van der Waals surface area contributed by atoms with Crippen LogP contribution in [0, 0.1) is 17.6 Å². The fraction of sp³-hybridized carbons (Fsp3) is 0.238. The van der Waals surface area contributed by atoms with Crippen LogP contribution in [0.5, 0.6) is 0 Å². The molecule has 1 amide bonds. The number of anilines is 1. The SMILES string of the molecule is CC(C)Cc1n[nH]c2c1C(c1ccc(F)cc1)N(c1ccc(F)cc1)C2=O. The highest BCUT2D eigenvalue weighted by Gasteiger charge is 2.42. The number of rotatable bonds is 4. The number of hydrogen-bond acceptors (Lipinski definition) is 2. The van der Waals surface area contributed by atoms with Gasteiger partial charge < -0.3 is 0 Å². The molecular weight excluding hydrogens is 348 g/mol. The van der Waals surface area contributed by atoms with Gasteiger partial charge in [-0.3, -0.25) is 14.8 Å². The first-order valence-electron chi connectivity index (χ1n) is 8.87. The minimum atomic E-state index is -0.439. The van der Waals surface area contributed by atoms with Gasteiger partial charge in [0, 0.05) is 11.3 Å². The third-order valence-corrected chi connectivity index (χ3v) is 4.74. The Bertz CT molecular complexity index is 978. The van der Waals surface area contributed by atoms with Gasteiger partial charge in [-0.15, -0.1) is 0 Å². The lowest BCUT2D eigenvalue weighted by Gasteiger charge is -2.26. The largest absolute Gasteiger partial charge is 0.295 e. The van der Waals surface area contributed by atoms with Crippen molar-refractivity contribution in [3.8, 4) is 0 Å². The molecule has 1 atom stereocenters. The predicted molar refractivity (Wildman–Crippen MR) is 98.6 cm³/mol. The van der Waals surface area contributed by atoms with E-state index < -0.39 is 6.04 Å². The van der Waals surface area contributed by atoms with E-state index in [-0.39, 0.29) is 17.5 Å². The van der Waals surface area contributed by atoms with E-state index in [4.69, 9.17) is 0 Å². The topological polar surface area (TPSA) is 49.0 Å². The first kappa shape index (κ1) is 17.4. The van der Waals surface area contributed by atoms with E-state index in [2.05, 4.69) is 24.0 Å². The molecular formula is C21H19F2N3O. The van der Waals surface area contributed by atoms with Crippen molar-refractivity contribution in [2.24, 2.45) is 5.92 Å². The summed E-state index contributed by atoms with van der Waals surface area (Å²) in [6.45, 7) is 4.17. The molecule has 1 aromatic heterocycles. The Morgan fingerprint density at radius 1 is 1.04 bits per heavy atom. The van der Waals surface area contributed by atoms with Crippen molar-refractivity contribution in [2.75, 3.05) is 4.90 Å². The number of fused-ring (bicyclic) bond motifs is 1. The summed E-state index contributed by atoms with van der Waals surface area (Å²) in [6, 6.07) is 11.5. The summed E-state index contributed by atoms with van der Waals surface area (Å²) in [7, 11) is 0. The molecule has 2 aromatic carbocycles. The zero-order valence-electron chi connectivity index (χ0n) is 15.0. The van der Waals surface area contributed by atoms with E-state index in [9.17, 15) is 13.6 Å². The van der Waals surface area contributed by atoms with Gasteiger partial charge in [0.2, 0.25) is 0 Å². The summed E-state index contributed by atoms with van der Waals surface area (Å²) in [5.41, 5.74) is 3.43. The van der Waals surface area contributed by atoms with E-state index in [1.165, 1.54) is 24.3 Å². The van der Waals surface area contributed by atoms with Crippen LogP contribution in [0.15, 0.2) is 48.5 Å². The normalized spacial score (nSPS) is 16.3. The average molecular weight is 367 g/mol. The van der Waals surface area contributed by atoms with Gasteiger partial charge in [-0.25, -0.2) is 8.78 Å². The fourth-order valence-electron chi connectivity index (χ4n) is 3.58. The molecule has 1 unspecified atom stereocenters. The van der Waals surface area contributed by atoms with E-state index >= 15 is 0 Å². The van der Waals surface area contributed by atoms with Gasteiger partial charge in [0.25, 0.3) is 5.91 Å². The van der Waals surface area contributed by atoms with Crippen molar-refractivity contribution in [1.82, 2.24) is 10.2 Å².